The first-order valence-corrected chi connectivity index (χ1v) is 8.75. The molecule has 0 spiro atoms. The van der Waals surface area contributed by atoms with Crippen LogP contribution in [0.3, 0.4) is 0 Å². The van der Waals surface area contributed by atoms with Crippen LogP contribution in [0.25, 0.3) is 0 Å². The molecule has 1 rings (SSSR count). The van der Waals surface area contributed by atoms with Crippen molar-refractivity contribution in [2.75, 3.05) is 32.7 Å². The Hall–Kier alpha value is -1.26. The van der Waals surface area contributed by atoms with E-state index in [0.29, 0.717) is 13.1 Å². The van der Waals surface area contributed by atoms with Crippen molar-refractivity contribution in [3.8, 4) is 0 Å². The molecule has 1 saturated heterocycles. The first-order valence-electron chi connectivity index (χ1n) is 8.75. The maximum absolute atomic E-state index is 11.5. The van der Waals surface area contributed by atoms with Gasteiger partial charge in [-0.15, -0.1) is 0 Å². The van der Waals surface area contributed by atoms with Crippen LogP contribution in [-0.2, 0) is 4.79 Å². The Bertz CT molecular complexity index is 366. The molecule has 0 bridgehead atoms. The predicted octanol–water partition coefficient (Wildman–Crippen LogP) is 2.09. The molecule has 5 nitrogen and oxygen atoms in total. The third-order valence-electron chi connectivity index (χ3n) is 3.92. The van der Waals surface area contributed by atoms with Gasteiger partial charge in [0.15, 0.2) is 5.96 Å². The van der Waals surface area contributed by atoms with Crippen LogP contribution in [0.15, 0.2) is 4.99 Å². The minimum absolute atomic E-state index is 0.0348. The second-order valence-corrected chi connectivity index (χ2v) is 6.91. The lowest BCUT2D eigenvalue weighted by Gasteiger charge is -2.22. The van der Waals surface area contributed by atoms with Crippen LogP contribution in [0, 0.1) is 17.8 Å². The Morgan fingerprint density at radius 2 is 2.00 bits per heavy atom. The number of nitrogens with one attached hydrogen (secondary N) is 2. The van der Waals surface area contributed by atoms with E-state index >= 15 is 0 Å². The average molecular weight is 310 g/mol. The van der Waals surface area contributed by atoms with Crippen LogP contribution in [0.2, 0.25) is 0 Å². The number of hydrogen-bond acceptors (Lipinski definition) is 2. The van der Waals surface area contributed by atoms with Crippen LogP contribution >= 0.6 is 0 Å². The maximum Gasteiger partial charge on any atom is 0.222 e. The molecule has 2 N–H and O–H groups in total. The van der Waals surface area contributed by atoms with Gasteiger partial charge in [0.2, 0.25) is 5.91 Å². The molecule has 22 heavy (non-hydrogen) atoms. The van der Waals surface area contributed by atoms with Crippen molar-refractivity contribution in [1.29, 1.82) is 0 Å². The molecular weight excluding hydrogens is 276 g/mol. The summed E-state index contributed by atoms with van der Waals surface area (Å²) in [5.74, 6) is 2.67. The lowest BCUT2D eigenvalue weighted by Crippen LogP contribution is -2.40. The molecule has 128 valence electrons. The smallest absolute Gasteiger partial charge is 0.222 e. The highest BCUT2D eigenvalue weighted by atomic mass is 16.1. The molecule has 0 aromatic heterocycles. The Balaban J connectivity index is 2.44. The van der Waals surface area contributed by atoms with E-state index in [4.69, 9.17) is 0 Å². The number of rotatable bonds is 7. The average Bonchev–Trinajstić information content (AvgIpc) is 2.89. The zero-order valence-electron chi connectivity index (χ0n) is 15.0. The van der Waals surface area contributed by atoms with E-state index in [9.17, 15) is 4.79 Å². The summed E-state index contributed by atoms with van der Waals surface area (Å²) in [6.07, 6.45) is 2.55. The molecule has 1 amide bonds. The summed E-state index contributed by atoms with van der Waals surface area (Å²) in [7, 11) is 0. The third kappa shape index (κ3) is 6.67. The Kier molecular flexibility index (Phi) is 8.28. The first kappa shape index (κ1) is 18.8. The molecule has 1 heterocycles. The molecular formula is C17H34N4O. The van der Waals surface area contributed by atoms with Crippen molar-refractivity contribution < 1.29 is 4.79 Å². The van der Waals surface area contributed by atoms with E-state index < -0.39 is 0 Å². The van der Waals surface area contributed by atoms with Gasteiger partial charge in [0.1, 0.15) is 0 Å². The standard InChI is InChI=1S/C17H34N4O/c1-6-18-17(20-9-8-19-16(22)14(4)5)21-10-7-15(12-21)11-13(2)3/h13-15H,6-12H2,1-5H3,(H,18,20)(H,19,22). The second kappa shape index (κ2) is 9.70. The minimum atomic E-state index is 0.0348. The largest absolute Gasteiger partial charge is 0.357 e. The highest BCUT2D eigenvalue weighted by molar-refractivity contribution is 5.80. The van der Waals surface area contributed by atoms with E-state index in [1.165, 1.54) is 12.8 Å². The number of carbonyl (C=O) groups excluding carboxylic acids is 1. The van der Waals surface area contributed by atoms with Crippen molar-refractivity contribution in [1.82, 2.24) is 15.5 Å². The number of carbonyl (C=O) groups is 1. The molecule has 1 aliphatic rings. The van der Waals surface area contributed by atoms with Gasteiger partial charge in [-0.25, -0.2) is 0 Å². The first-order chi connectivity index (χ1) is 10.4. The predicted molar refractivity (Wildman–Crippen MR) is 93.0 cm³/mol. The van der Waals surface area contributed by atoms with E-state index in [0.717, 1.165) is 37.4 Å². The minimum Gasteiger partial charge on any atom is -0.357 e. The lowest BCUT2D eigenvalue weighted by atomic mass is 9.97. The topological polar surface area (TPSA) is 56.7 Å². The molecule has 5 heteroatoms. The van der Waals surface area contributed by atoms with Crippen LogP contribution < -0.4 is 10.6 Å². The number of aliphatic imine (C=N–C) groups is 1. The summed E-state index contributed by atoms with van der Waals surface area (Å²) in [5.41, 5.74) is 0. The van der Waals surface area contributed by atoms with Crippen molar-refractivity contribution in [3.05, 3.63) is 0 Å². The van der Waals surface area contributed by atoms with Crippen LogP contribution in [0.4, 0.5) is 0 Å². The number of amides is 1. The molecule has 0 aromatic rings. The monoisotopic (exact) mass is 310 g/mol. The summed E-state index contributed by atoms with van der Waals surface area (Å²) in [6.45, 7) is 14.8. The van der Waals surface area contributed by atoms with Gasteiger partial charge >= 0.3 is 0 Å². The fraction of sp³-hybridized carbons (Fsp3) is 0.882. The number of likely N-dealkylation sites (tertiary alicyclic amines) is 1. The number of nitrogens with zero attached hydrogens (tertiary/aromatic N) is 2. The van der Waals surface area contributed by atoms with Gasteiger partial charge in [-0.05, 0) is 31.6 Å². The Morgan fingerprint density at radius 3 is 2.59 bits per heavy atom. The molecule has 1 unspecified atom stereocenters. The zero-order valence-corrected chi connectivity index (χ0v) is 15.0. The van der Waals surface area contributed by atoms with Crippen LogP contribution in [0.5, 0.6) is 0 Å². The van der Waals surface area contributed by atoms with E-state index in [1.807, 2.05) is 13.8 Å². The molecule has 0 aliphatic carbocycles. The van der Waals surface area contributed by atoms with Gasteiger partial charge in [-0.3, -0.25) is 9.79 Å². The molecule has 1 aliphatic heterocycles. The fourth-order valence-corrected chi connectivity index (χ4v) is 2.85. The Labute approximate surface area is 135 Å². The van der Waals surface area contributed by atoms with Gasteiger partial charge in [0, 0.05) is 32.1 Å². The van der Waals surface area contributed by atoms with E-state index in [1.54, 1.807) is 0 Å². The van der Waals surface area contributed by atoms with E-state index in [-0.39, 0.29) is 11.8 Å². The normalized spacial score (nSPS) is 19.1. The Morgan fingerprint density at radius 1 is 1.27 bits per heavy atom. The SMILES string of the molecule is CCNC(=NCCNC(=O)C(C)C)N1CCC(CC(C)C)C1. The summed E-state index contributed by atoms with van der Waals surface area (Å²) >= 11 is 0. The summed E-state index contributed by atoms with van der Waals surface area (Å²) < 4.78 is 0. The highest BCUT2D eigenvalue weighted by Crippen LogP contribution is 2.23. The van der Waals surface area contributed by atoms with Crippen molar-refractivity contribution in [2.45, 2.75) is 47.5 Å². The molecule has 0 radical (unpaired) electrons. The van der Waals surface area contributed by atoms with Gasteiger partial charge in [-0.1, -0.05) is 27.7 Å². The fourth-order valence-electron chi connectivity index (χ4n) is 2.85. The van der Waals surface area contributed by atoms with Crippen LogP contribution in [-0.4, -0.2) is 49.5 Å². The van der Waals surface area contributed by atoms with Crippen LogP contribution in [0.1, 0.15) is 47.5 Å². The van der Waals surface area contributed by atoms with Crippen molar-refractivity contribution in [2.24, 2.45) is 22.7 Å². The van der Waals surface area contributed by atoms with E-state index in [2.05, 4.69) is 41.3 Å². The highest BCUT2D eigenvalue weighted by Gasteiger charge is 2.25. The van der Waals surface area contributed by atoms with Gasteiger partial charge in [0.05, 0.1) is 6.54 Å². The lowest BCUT2D eigenvalue weighted by molar-refractivity contribution is -0.123. The summed E-state index contributed by atoms with van der Waals surface area (Å²) in [5, 5.41) is 6.29. The molecule has 0 saturated carbocycles. The summed E-state index contributed by atoms with van der Waals surface area (Å²) in [4.78, 5) is 18.5. The van der Waals surface area contributed by atoms with Crippen molar-refractivity contribution in [3.63, 3.8) is 0 Å². The number of hydrogen-bond donors (Lipinski definition) is 2. The number of guanidine groups is 1. The quantitative estimate of drug-likeness (QED) is 0.430. The third-order valence-corrected chi connectivity index (χ3v) is 3.92. The second-order valence-electron chi connectivity index (χ2n) is 6.91. The molecule has 1 atom stereocenters. The van der Waals surface area contributed by atoms with Gasteiger partial charge in [-0.2, -0.15) is 0 Å². The van der Waals surface area contributed by atoms with Gasteiger partial charge in [0.25, 0.3) is 0 Å². The molecule has 0 aromatic carbocycles. The van der Waals surface area contributed by atoms with Crippen molar-refractivity contribution >= 4 is 11.9 Å². The molecule has 1 fully saturated rings. The van der Waals surface area contributed by atoms with Gasteiger partial charge < -0.3 is 15.5 Å². The summed E-state index contributed by atoms with van der Waals surface area (Å²) in [6, 6.07) is 0. The zero-order chi connectivity index (χ0) is 16.5. The maximum atomic E-state index is 11.5.